The molecule has 20 heavy (non-hydrogen) atoms. The van der Waals surface area contributed by atoms with Crippen molar-refractivity contribution in [2.45, 2.75) is 26.1 Å². The molecule has 1 amide bonds. The number of carbonyl (C=O) groups excluding carboxylic acids is 1. The lowest BCUT2D eigenvalue weighted by molar-refractivity contribution is -0.143. The highest BCUT2D eigenvalue weighted by Gasteiger charge is 2.34. The van der Waals surface area contributed by atoms with Crippen molar-refractivity contribution in [3.63, 3.8) is 0 Å². The van der Waals surface area contributed by atoms with Gasteiger partial charge in [0.25, 0.3) is 5.91 Å². The van der Waals surface area contributed by atoms with Crippen molar-refractivity contribution < 1.29 is 22.7 Å². The van der Waals surface area contributed by atoms with E-state index in [1.807, 2.05) is 0 Å². The van der Waals surface area contributed by atoms with Crippen LogP contribution in [0.15, 0.2) is 22.7 Å². The van der Waals surface area contributed by atoms with Crippen LogP contribution in [0.2, 0.25) is 0 Å². The van der Waals surface area contributed by atoms with Gasteiger partial charge in [0.15, 0.2) is 0 Å². The molecule has 0 aliphatic heterocycles. The standard InChI is InChI=1S/C13H15BrF3NO2/c1-8(2)18(7-13(15,16)17)12(19)9-4-5-11(20-3)10(14)6-9/h4-6,8H,7H2,1-3H3. The van der Waals surface area contributed by atoms with Gasteiger partial charge in [0.05, 0.1) is 11.6 Å². The average Bonchev–Trinajstić information content (AvgIpc) is 2.33. The van der Waals surface area contributed by atoms with Gasteiger partial charge in [-0.05, 0) is 48.0 Å². The van der Waals surface area contributed by atoms with Gasteiger partial charge in [0.2, 0.25) is 0 Å². The van der Waals surface area contributed by atoms with Gasteiger partial charge in [-0.15, -0.1) is 0 Å². The minimum absolute atomic E-state index is 0.177. The third kappa shape index (κ3) is 4.40. The van der Waals surface area contributed by atoms with Crippen molar-refractivity contribution in [3.8, 4) is 5.75 Å². The summed E-state index contributed by atoms with van der Waals surface area (Å²) < 4.78 is 43.1. The number of carbonyl (C=O) groups is 1. The quantitative estimate of drug-likeness (QED) is 0.822. The third-order valence-corrected chi connectivity index (χ3v) is 3.25. The third-order valence-electron chi connectivity index (χ3n) is 2.63. The summed E-state index contributed by atoms with van der Waals surface area (Å²) in [6.45, 7) is 1.82. The van der Waals surface area contributed by atoms with Gasteiger partial charge in [0.1, 0.15) is 12.3 Å². The number of methoxy groups -OCH3 is 1. The van der Waals surface area contributed by atoms with Crippen LogP contribution in [0.4, 0.5) is 13.2 Å². The van der Waals surface area contributed by atoms with Gasteiger partial charge < -0.3 is 9.64 Å². The minimum atomic E-state index is -4.43. The maximum atomic E-state index is 12.5. The molecule has 112 valence electrons. The second-order valence-corrected chi connectivity index (χ2v) is 5.35. The van der Waals surface area contributed by atoms with Crippen LogP contribution in [0.5, 0.6) is 5.75 Å². The molecular formula is C13H15BrF3NO2. The number of halogens is 4. The summed E-state index contributed by atoms with van der Waals surface area (Å²) in [7, 11) is 1.46. The number of benzene rings is 1. The molecule has 0 bridgehead atoms. The lowest BCUT2D eigenvalue weighted by atomic mass is 10.1. The number of nitrogens with zero attached hydrogens (tertiary/aromatic N) is 1. The predicted molar refractivity (Wildman–Crippen MR) is 72.9 cm³/mol. The molecule has 0 saturated carbocycles. The lowest BCUT2D eigenvalue weighted by Crippen LogP contribution is -2.43. The molecule has 0 spiro atoms. The minimum Gasteiger partial charge on any atom is -0.496 e. The first kappa shape index (κ1) is 16.8. The molecule has 0 aliphatic rings. The van der Waals surface area contributed by atoms with Gasteiger partial charge in [-0.1, -0.05) is 0 Å². The van der Waals surface area contributed by atoms with Crippen LogP contribution in [-0.4, -0.2) is 36.7 Å². The van der Waals surface area contributed by atoms with Crippen LogP contribution < -0.4 is 4.74 Å². The predicted octanol–water partition coefficient (Wildman–Crippen LogP) is 3.87. The molecule has 1 aromatic carbocycles. The molecule has 3 nitrogen and oxygen atoms in total. The summed E-state index contributed by atoms with van der Waals surface area (Å²) in [5, 5.41) is 0. The molecular weight excluding hydrogens is 339 g/mol. The van der Waals surface area contributed by atoms with Gasteiger partial charge in [0, 0.05) is 11.6 Å². The van der Waals surface area contributed by atoms with E-state index in [-0.39, 0.29) is 5.56 Å². The molecule has 0 unspecified atom stereocenters. The summed E-state index contributed by atoms with van der Waals surface area (Å²) >= 11 is 3.21. The van der Waals surface area contributed by atoms with Gasteiger partial charge in [-0.25, -0.2) is 0 Å². The highest BCUT2D eigenvalue weighted by Crippen LogP contribution is 2.27. The number of rotatable bonds is 4. The smallest absolute Gasteiger partial charge is 0.406 e. The number of hydrogen-bond acceptors (Lipinski definition) is 2. The molecule has 1 aromatic rings. The van der Waals surface area contributed by atoms with Crippen molar-refractivity contribution in [1.29, 1.82) is 0 Å². The first-order valence-electron chi connectivity index (χ1n) is 5.87. The molecule has 0 atom stereocenters. The van der Waals surface area contributed by atoms with E-state index in [9.17, 15) is 18.0 Å². The molecule has 0 saturated heterocycles. The fourth-order valence-electron chi connectivity index (χ4n) is 1.65. The highest BCUT2D eigenvalue weighted by molar-refractivity contribution is 9.10. The molecule has 0 aromatic heterocycles. The largest absolute Gasteiger partial charge is 0.496 e. The van der Waals surface area contributed by atoms with Crippen molar-refractivity contribution in [1.82, 2.24) is 4.90 Å². The molecule has 0 heterocycles. The average molecular weight is 354 g/mol. The normalized spacial score (nSPS) is 11.6. The van der Waals surface area contributed by atoms with E-state index in [4.69, 9.17) is 4.74 Å². The second-order valence-electron chi connectivity index (χ2n) is 4.49. The maximum absolute atomic E-state index is 12.5. The van der Waals surface area contributed by atoms with Crippen LogP contribution in [-0.2, 0) is 0 Å². The van der Waals surface area contributed by atoms with Crippen LogP contribution >= 0.6 is 15.9 Å². The van der Waals surface area contributed by atoms with Crippen LogP contribution in [0.3, 0.4) is 0 Å². The Hall–Kier alpha value is -1.24. The maximum Gasteiger partial charge on any atom is 0.406 e. The SMILES string of the molecule is COc1ccc(C(=O)N(CC(F)(F)F)C(C)C)cc1Br. The van der Waals surface area contributed by atoms with Crippen LogP contribution in [0.1, 0.15) is 24.2 Å². The Morgan fingerprint density at radius 3 is 2.40 bits per heavy atom. The zero-order chi connectivity index (χ0) is 15.5. The summed E-state index contributed by atoms with van der Waals surface area (Å²) in [4.78, 5) is 13.0. The van der Waals surface area contributed by atoms with Crippen molar-refractivity contribution in [2.24, 2.45) is 0 Å². The van der Waals surface area contributed by atoms with Crippen LogP contribution in [0.25, 0.3) is 0 Å². The summed E-state index contributed by atoms with van der Waals surface area (Å²) in [5.74, 6) is -0.158. The Morgan fingerprint density at radius 2 is 2.00 bits per heavy atom. The zero-order valence-electron chi connectivity index (χ0n) is 11.3. The fraction of sp³-hybridized carbons (Fsp3) is 0.462. The summed E-state index contributed by atoms with van der Waals surface area (Å²) in [6.07, 6.45) is -4.43. The second kappa shape index (κ2) is 6.47. The van der Waals surface area contributed by atoms with E-state index in [0.29, 0.717) is 10.2 Å². The monoisotopic (exact) mass is 353 g/mol. The van der Waals surface area contributed by atoms with Crippen molar-refractivity contribution in [3.05, 3.63) is 28.2 Å². The molecule has 7 heteroatoms. The van der Waals surface area contributed by atoms with E-state index >= 15 is 0 Å². The first-order chi connectivity index (χ1) is 9.15. The summed E-state index contributed by atoms with van der Waals surface area (Å²) in [6, 6.07) is 3.87. The number of hydrogen-bond donors (Lipinski definition) is 0. The van der Waals surface area contributed by atoms with Crippen molar-refractivity contribution >= 4 is 21.8 Å². The zero-order valence-corrected chi connectivity index (χ0v) is 12.9. The Balaban J connectivity index is 3.04. The van der Waals surface area contributed by atoms with E-state index < -0.39 is 24.7 Å². The Kier molecular flexibility index (Phi) is 5.44. The Bertz CT molecular complexity index is 489. The van der Waals surface area contributed by atoms with Crippen LogP contribution in [0, 0.1) is 0 Å². The topological polar surface area (TPSA) is 29.5 Å². The van der Waals surface area contributed by atoms with E-state index in [1.165, 1.54) is 25.3 Å². The van der Waals surface area contributed by atoms with E-state index in [0.717, 1.165) is 4.90 Å². The van der Waals surface area contributed by atoms with Gasteiger partial charge in [-0.2, -0.15) is 13.2 Å². The Morgan fingerprint density at radius 1 is 1.40 bits per heavy atom. The lowest BCUT2D eigenvalue weighted by Gasteiger charge is -2.28. The molecule has 0 radical (unpaired) electrons. The number of ether oxygens (including phenoxy) is 1. The molecule has 0 fully saturated rings. The van der Waals surface area contributed by atoms with Gasteiger partial charge in [-0.3, -0.25) is 4.79 Å². The van der Waals surface area contributed by atoms with E-state index in [1.54, 1.807) is 13.8 Å². The highest BCUT2D eigenvalue weighted by atomic mass is 79.9. The van der Waals surface area contributed by atoms with E-state index in [2.05, 4.69) is 15.9 Å². The first-order valence-corrected chi connectivity index (χ1v) is 6.66. The Labute approximate surface area is 123 Å². The van der Waals surface area contributed by atoms with Gasteiger partial charge >= 0.3 is 6.18 Å². The fourth-order valence-corrected chi connectivity index (χ4v) is 2.19. The molecule has 0 N–H and O–H groups in total. The number of alkyl halides is 3. The number of amides is 1. The summed E-state index contributed by atoms with van der Waals surface area (Å²) in [5.41, 5.74) is 0.177. The molecule has 0 aliphatic carbocycles. The van der Waals surface area contributed by atoms with Crippen molar-refractivity contribution in [2.75, 3.05) is 13.7 Å². The molecule has 1 rings (SSSR count).